The lowest BCUT2D eigenvalue weighted by molar-refractivity contribution is -0.135. The summed E-state index contributed by atoms with van der Waals surface area (Å²) in [5.41, 5.74) is 0.714. The van der Waals surface area contributed by atoms with Crippen LogP contribution in [0, 0.1) is 5.82 Å². The van der Waals surface area contributed by atoms with Crippen molar-refractivity contribution in [3.8, 4) is 0 Å². The number of hydrogen-bond acceptors (Lipinski definition) is 2. The zero-order valence-electron chi connectivity index (χ0n) is 11.0. The van der Waals surface area contributed by atoms with Crippen LogP contribution in [0.1, 0.15) is 12.8 Å². The summed E-state index contributed by atoms with van der Waals surface area (Å²) in [6.07, 6.45) is 2.60. The van der Waals surface area contributed by atoms with Gasteiger partial charge in [-0.25, -0.2) is 4.39 Å². The first-order valence-electron chi connectivity index (χ1n) is 6.68. The molecule has 0 saturated carbocycles. The molecule has 0 bridgehead atoms. The van der Waals surface area contributed by atoms with Crippen LogP contribution in [-0.4, -0.2) is 34.2 Å². The Bertz CT molecular complexity index is 668. The average molecular weight is 274 g/mol. The first kappa shape index (κ1) is 12.8. The molecule has 0 unspecified atom stereocenters. The Hall–Kier alpha value is -2.17. The number of Topliss-reactive ketones (excluding diaryl/α,β-unsaturated/α-hetero) is 1. The van der Waals surface area contributed by atoms with Gasteiger partial charge in [0.1, 0.15) is 18.1 Å². The largest absolute Gasteiger partial charge is 0.340 e. The predicted octanol–water partition coefficient (Wildman–Crippen LogP) is 1.97. The molecule has 1 fully saturated rings. The highest BCUT2D eigenvalue weighted by Crippen LogP contribution is 2.19. The molecule has 104 valence electrons. The highest BCUT2D eigenvalue weighted by molar-refractivity contribution is 5.85. The fourth-order valence-electron chi connectivity index (χ4n) is 2.58. The van der Waals surface area contributed by atoms with Crippen molar-refractivity contribution in [3.05, 3.63) is 36.3 Å². The van der Waals surface area contributed by atoms with Gasteiger partial charge in [-0.2, -0.15) is 0 Å². The number of aromatic nitrogens is 1. The number of carbonyl (C=O) groups excluding carboxylic acids is 2. The molecule has 4 nitrogen and oxygen atoms in total. The molecule has 5 heteroatoms. The highest BCUT2D eigenvalue weighted by Gasteiger charge is 2.21. The van der Waals surface area contributed by atoms with Crippen molar-refractivity contribution in [1.82, 2.24) is 9.47 Å². The van der Waals surface area contributed by atoms with Crippen LogP contribution in [0.2, 0.25) is 0 Å². The van der Waals surface area contributed by atoms with Crippen LogP contribution in [0.4, 0.5) is 4.39 Å². The van der Waals surface area contributed by atoms with E-state index >= 15 is 0 Å². The van der Waals surface area contributed by atoms with Gasteiger partial charge in [0.05, 0.1) is 5.52 Å². The Morgan fingerprint density at radius 2 is 1.95 bits per heavy atom. The van der Waals surface area contributed by atoms with Gasteiger partial charge in [-0.05, 0) is 18.2 Å². The van der Waals surface area contributed by atoms with Gasteiger partial charge in [-0.3, -0.25) is 9.59 Å². The smallest absolute Gasteiger partial charge is 0.242 e. The number of carbonyl (C=O) groups is 2. The summed E-state index contributed by atoms with van der Waals surface area (Å²) in [7, 11) is 0. The monoisotopic (exact) mass is 274 g/mol. The summed E-state index contributed by atoms with van der Waals surface area (Å²) in [6.45, 7) is 1.16. The number of likely N-dealkylation sites (tertiary alicyclic amines) is 1. The minimum atomic E-state index is -0.280. The van der Waals surface area contributed by atoms with E-state index in [0.29, 0.717) is 36.8 Å². The number of nitrogens with zero attached hydrogens (tertiary/aromatic N) is 2. The van der Waals surface area contributed by atoms with Crippen LogP contribution < -0.4 is 0 Å². The van der Waals surface area contributed by atoms with Crippen molar-refractivity contribution in [1.29, 1.82) is 0 Å². The van der Waals surface area contributed by atoms with Crippen LogP contribution in [0.3, 0.4) is 0 Å². The van der Waals surface area contributed by atoms with E-state index in [2.05, 4.69) is 0 Å². The van der Waals surface area contributed by atoms with Gasteiger partial charge < -0.3 is 9.47 Å². The lowest BCUT2D eigenvalue weighted by atomic mass is 10.1. The van der Waals surface area contributed by atoms with E-state index in [1.807, 2.05) is 0 Å². The van der Waals surface area contributed by atoms with Gasteiger partial charge in [0.2, 0.25) is 5.91 Å². The summed E-state index contributed by atoms with van der Waals surface area (Å²) in [5, 5.41) is 0.522. The quantitative estimate of drug-likeness (QED) is 0.840. The predicted molar refractivity (Wildman–Crippen MR) is 72.7 cm³/mol. The lowest BCUT2D eigenvalue weighted by Gasteiger charge is -2.26. The van der Waals surface area contributed by atoms with E-state index in [4.69, 9.17) is 0 Å². The van der Waals surface area contributed by atoms with Crippen molar-refractivity contribution in [2.24, 2.45) is 0 Å². The standard InChI is InChI=1S/C15H15FN2O2/c16-13-2-1-3-14-12(13)6-9-18(14)10-15(20)17-7-4-11(19)5-8-17/h1-3,6,9H,4-5,7-8,10H2. The topological polar surface area (TPSA) is 42.3 Å². The zero-order chi connectivity index (χ0) is 14.1. The van der Waals surface area contributed by atoms with Crippen LogP contribution in [-0.2, 0) is 16.1 Å². The molecule has 0 spiro atoms. The Kier molecular flexibility index (Phi) is 3.26. The molecule has 1 amide bonds. The Balaban J connectivity index is 1.78. The molecule has 0 aliphatic carbocycles. The van der Waals surface area contributed by atoms with E-state index in [9.17, 15) is 14.0 Å². The van der Waals surface area contributed by atoms with E-state index < -0.39 is 0 Å². The van der Waals surface area contributed by atoms with Crippen LogP contribution in [0.25, 0.3) is 10.9 Å². The van der Waals surface area contributed by atoms with Gasteiger partial charge >= 0.3 is 0 Å². The Labute approximate surface area is 115 Å². The molecule has 0 atom stereocenters. The maximum Gasteiger partial charge on any atom is 0.242 e. The second-order valence-corrected chi connectivity index (χ2v) is 5.04. The fourth-order valence-corrected chi connectivity index (χ4v) is 2.58. The van der Waals surface area contributed by atoms with Crippen molar-refractivity contribution < 1.29 is 14.0 Å². The van der Waals surface area contributed by atoms with Crippen molar-refractivity contribution in [3.63, 3.8) is 0 Å². The van der Waals surface area contributed by atoms with Crippen molar-refractivity contribution in [2.75, 3.05) is 13.1 Å². The third kappa shape index (κ3) is 2.31. The van der Waals surface area contributed by atoms with Crippen molar-refractivity contribution >= 4 is 22.6 Å². The Morgan fingerprint density at radius 3 is 2.70 bits per heavy atom. The molecule has 2 aromatic rings. The number of ketones is 1. The molecule has 1 aromatic carbocycles. The summed E-state index contributed by atoms with van der Waals surface area (Å²) in [4.78, 5) is 25.1. The molecule has 0 N–H and O–H groups in total. The lowest BCUT2D eigenvalue weighted by Crippen LogP contribution is -2.40. The van der Waals surface area contributed by atoms with Gasteiger partial charge in [0.25, 0.3) is 0 Å². The summed E-state index contributed by atoms with van der Waals surface area (Å²) >= 11 is 0. The molecule has 1 aromatic heterocycles. The normalized spacial score (nSPS) is 15.8. The van der Waals surface area contributed by atoms with Crippen LogP contribution >= 0.6 is 0 Å². The summed E-state index contributed by atoms with van der Waals surface area (Å²) < 4.78 is 15.3. The zero-order valence-corrected chi connectivity index (χ0v) is 11.0. The van der Waals surface area contributed by atoms with Gasteiger partial charge in [0, 0.05) is 37.5 Å². The van der Waals surface area contributed by atoms with E-state index in [0.717, 1.165) is 0 Å². The molecule has 1 aliphatic heterocycles. The maximum absolute atomic E-state index is 13.6. The minimum absolute atomic E-state index is 0.0285. The van der Waals surface area contributed by atoms with Crippen LogP contribution in [0.15, 0.2) is 30.5 Å². The average Bonchev–Trinajstić information content (AvgIpc) is 2.84. The van der Waals surface area contributed by atoms with Gasteiger partial charge in [-0.1, -0.05) is 6.07 Å². The number of fused-ring (bicyclic) bond motifs is 1. The third-order valence-electron chi connectivity index (χ3n) is 3.74. The maximum atomic E-state index is 13.6. The van der Waals surface area contributed by atoms with Crippen molar-refractivity contribution in [2.45, 2.75) is 19.4 Å². The van der Waals surface area contributed by atoms with E-state index in [1.54, 1.807) is 33.9 Å². The first-order chi connectivity index (χ1) is 9.65. The number of halogens is 1. The number of amides is 1. The summed E-state index contributed by atoms with van der Waals surface area (Å²) in [5.74, 6) is -0.0981. The molecule has 2 heterocycles. The molecule has 1 saturated heterocycles. The number of rotatable bonds is 2. The molecule has 3 rings (SSSR count). The first-order valence-corrected chi connectivity index (χ1v) is 6.68. The molecular formula is C15H15FN2O2. The highest BCUT2D eigenvalue weighted by atomic mass is 19.1. The summed E-state index contributed by atoms with van der Waals surface area (Å²) in [6, 6.07) is 6.52. The molecule has 1 aliphatic rings. The fraction of sp³-hybridized carbons (Fsp3) is 0.333. The minimum Gasteiger partial charge on any atom is -0.340 e. The molecular weight excluding hydrogens is 259 g/mol. The number of hydrogen-bond donors (Lipinski definition) is 0. The van der Waals surface area contributed by atoms with Gasteiger partial charge in [0.15, 0.2) is 0 Å². The molecule has 20 heavy (non-hydrogen) atoms. The Morgan fingerprint density at radius 1 is 1.20 bits per heavy atom. The SMILES string of the molecule is O=C1CCN(C(=O)Cn2ccc3c(F)cccc32)CC1. The molecule has 0 radical (unpaired) electrons. The second kappa shape index (κ2) is 5.07. The van der Waals surface area contributed by atoms with Gasteiger partial charge in [-0.15, -0.1) is 0 Å². The van der Waals surface area contributed by atoms with Crippen LogP contribution in [0.5, 0.6) is 0 Å². The van der Waals surface area contributed by atoms with E-state index in [-0.39, 0.29) is 24.1 Å². The van der Waals surface area contributed by atoms with E-state index in [1.165, 1.54) is 6.07 Å². The number of benzene rings is 1. The number of piperidine rings is 1. The third-order valence-corrected chi connectivity index (χ3v) is 3.74. The second-order valence-electron chi connectivity index (χ2n) is 5.04.